The van der Waals surface area contributed by atoms with E-state index in [1.165, 1.54) is 0 Å². The second-order valence-corrected chi connectivity index (χ2v) is 13.5. The molecule has 2 nitrogen and oxygen atoms in total. The van der Waals surface area contributed by atoms with Gasteiger partial charge in [-0.05, 0) is 53.9 Å². The van der Waals surface area contributed by atoms with Crippen LogP contribution in [0.1, 0.15) is 33.2 Å². The highest BCUT2D eigenvalue weighted by atomic mass is 28.3. The molecular formula is C30H31BO2Si. The fraction of sp³-hybridized carbons (Fsp3) is 0.200. The molecule has 4 aromatic rings. The molecule has 0 aromatic heterocycles. The molecule has 1 aliphatic rings. The lowest BCUT2D eigenvalue weighted by atomic mass is 9.79. The molecule has 0 amide bonds. The third-order valence-electron chi connectivity index (χ3n) is 7.13. The lowest BCUT2D eigenvalue weighted by molar-refractivity contribution is 0.00578. The summed E-state index contributed by atoms with van der Waals surface area (Å²) >= 11 is 0. The van der Waals surface area contributed by atoms with E-state index in [4.69, 9.17) is 12.1 Å². The van der Waals surface area contributed by atoms with Crippen molar-refractivity contribution in [3.8, 4) is 0 Å². The Morgan fingerprint density at radius 1 is 0.618 bits per heavy atom. The first-order valence-corrected chi connectivity index (χ1v) is 13.7. The average molecular weight is 466 g/mol. The molecule has 0 bridgehead atoms. The minimum absolute atomic E-state index is 0.0396. The first-order chi connectivity index (χ1) is 18.0. The van der Waals surface area contributed by atoms with E-state index in [2.05, 4.69) is 36.4 Å². The summed E-state index contributed by atoms with van der Waals surface area (Å²) in [6.45, 7) is 7.72. The van der Waals surface area contributed by atoms with E-state index < -0.39 is 26.4 Å². The maximum absolute atomic E-state index is 9.60. The van der Waals surface area contributed by atoms with Crippen molar-refractivity contribution in [2.75, 3.05) is 0 Å². The van der Waals surface area contributed by atoms with Gasteiger partial charge in [0.15, 0.2) is 8.07 Å². The molecule has 1 heterocycles. The van der Waals surface area contributed by atoms with E-state index in [9.17, 15) is 2.74 Å². The van der Waals surface area contributed by atoms with Gasteiger partial charge >= 0.3 is 7.12 Å². The summed E-state index contributed by atoms with van der Waals surface area (Å²) < 4.78 is 49.2. The Bertz CT molecular complexity index is 1350. The molecule has 1 aliphatic heterocycles. The average Bonchev–Trinajstić information content (AvgIpc) is 3.13. The molecular weight excluding hydrogens is 431 g/mol. The highest BCUT2D eigenvalue weighted by molar-refractivity contribution is 7.20. The van der Waals surface area contributed by atoms with Crippen molar-refractivity contribution in [1.29, 1.82) is 0 Å². The normalized spacial score (nSPS) is 18.6. The van der Waals surface area contributed by atoms with Gasteiger partial charge in [-0.2, -0.15) is 0 Å². The summed E-state index contributed by atoms with van der Waals surface area (Å²) in [5, 5.41) is 3.45. The molecule has 0 unspecified atom stereocenters. The molecule has 34 heavy (non-hydrogen) atoms. The van der Waals surface area contributed by atoms with Gasteiger partial charge in [-0.3, -0.25) is 0 Å². The molecule has 0 spiro atoms. The van der Waals surface area contributed by atoms with Crippen LogP contribution in [0, 0.1) is 0 Å². The van der Waals surface area contributed by atoms with Gasteiger partial charge in [-0.1, -0.05) is 115 Å². The third-order valence-corrected chi connectivity index (χ3v) is 11.7. The maximum Gasteiger partial charge on any atom is 0.494 e. The Morgan fingerprint density at radius 2 is 1.03 bits per heavy atom. The van der Waals surface area contributed by atoms with E-state index in [0.717, 1.165) is 15.6 Å². The molecule has 5 rings (SSSR count). The van der Waals surface area contributed by atoms with Gasteiger partial charge in [0.25, 0.3) is 0 Å². The zero-order chi connectivity index (χ0) is 27.3. The summed E-state index contributed by atoms with van der Waals surface area (Å²) in [5.41, 5.74) is -1.14. The maximum atomic E-state index is 9.60. The van der Waals surface area contributed by atoms with Gasteiger partial charge in [-0.25, -0.2) is 0 Å². The van der Waals surface area contributed by atoms with Gasteiger partial charge in [0.2, 0.25) is 0 Å². The topological polar surface area (TPSA) is 18.5 Å². The van der Waals surface area contributed by atoms with Crippen molar-refractivity contribution in [1.82, 2.24) is 0 Å². The van der Waals surface area contributed by atoms with Crippen molar-refractivity contribution >= 4 is 41.4 Å². The predicted molar refractivity (Wildman–Crippen MR) is 146 cm³/mol. The van der Waals surface area contributed by atoms with Crippen LogP contribution in [0.3, 0.4) is 0 Å². The monoisotopic (exact) mass is 466 g/mol. The lowest BCUT2D eigenvalue weighted by Gasteiger charge is -2.34. The summed E-state index contributed by atoms with van der Waals surface area (Å²) in [4.78, 5) is 0. The predicted octanol–water partition coefficient (Wildman–Crippen LogP) is 3.36. The molecule has 0 atom stereocenters. The molecule has 4 heteroatoms. The zero-order valence-corrected chi connectivity index (χ0v) is 21.1. The van der Waals surface area contributed by atoms with Gasteiger partial charge in [0, 0.05) is 0 Å². The number of benzene rings is 4. The Morgan fingerprint density at radius 3 is 1.44 bits per heavy atom. The number of hydrogen-bond donors (Lipinski definition) is 0. The minimum atomic E-state index is -3.29. The number of hydrogen-bond acceptors (Lipinski definition) is 2. The molecule has 1 saturated heterocycles. The smallest absolute Gasteiger partial charge is 0.399 e. The van der Waals surface area contributed by atoms with Gasteiger partial charge < -0.3 is 9.31 Å². The van der Waals surface area contributed by atoms with Crippen molar-refractivity contribution in [3.05, 3.63) is 115 Å². The van der Waals surface area contributed by atoms with Crippen LogP contribution in [-0.2, 0) is 9.31 Å². The van der Waals surface area contributed by atoms with Crippen molar-refractivity contribution < 1.29 is 14.8 Å². The van der Waals surface area contributed by atoms with Crippen LogP contribution in [-0.4, -0.2) is 26.4 Å². The van der Waals surface area contributed by atoms with Crippen LogP contribution in [0.5, 0.6) is 0 Å². The minimum Gasteiger partial charge on any atom is -0.399 e. The summed E-state index contributed by atoms with van der Waals surface area (Å²) in [5.74, 6) is 0. The molecule has 0 saturated carbocycles. The van der Waals surface area contributed by atoms with E-state index in [0.29, 0.717) is 5.19 Å². The molecule has 0 radical (unpaired) electrons. The Kier molecular flexibility index (Phi) is 4.71. The van der Waals surface area contributed by atoms with E-state index in [-0.39, 0.29) is 29.6 Å². The second-order valence-electron chi connectivity index (χ2n) is 9.73. The van der Waals surface area contributed by atoms with Crippen LogP contribution < -0.4 is 26.2 Å². The van der Waals surface area contributed by atoms with Crippen LogP contribution in [0.25, 0.3) is 0 Å². The van der Waals surface area contributed by atoms with Crippen LogP contribution >= 0.6 is 0 Å². The second kappa shape index (κ2) is 8.70. The first kappa shape index (κ1) is 18.4. The lowest BCUT2D eigenvalue weighted by Crippen LogP contribution is -2.75. The number of rotatable bonds is 5. The molecule has 4 aromatic carbocycles. The highest BCUT2D eigenvalue weighted by Crippen LogP contribution is 2.36. The van der Waals surface area contributed by atoms with Crippen LogP contribution in [0.4, 0.5) is 0 Å². The summed E-state index contributed by atoms with van der Waals surface area (Å²) in [7, 11) is -4.28. The standard InChI is InChI=1S/C30H31BO2Si/c1-29(2)30(3,4)33-31(32-29)24-15-14-22-28(23-24)34(25-16-8-5-9-17-25,26-18-10-6-11-19-26)27-20-12-7-13-21-27/h5-23H,1-4H3/i14D,15D,22D,23D. The van der Waals surface area contributed by atoms with Crippen LogP contribution in [0.2, 0.25) is 0 Å². The van der Waals surface area contributed by atoms with Crippen molar-refractivity contribution in [2.45, 2.75) is 38.9 Å². The Balaban J connectivity index is 1.93. The quantitative estimate of drug-likeness (QED) is 0.332. The van der Waals surface area contributed by atoms with E-state index in [1.807, 2.05) is 82.3 Å². The van der Waals surface area contributed by atoms with Gasteiger partial charge in [-0.15, -0.1) is 0 Å². The third kappa shape index (κ3) is 3.76. The van der Waals surface area contributed by atoms with Crippen molar-refractivity contribution in [2.24, 2.45) is 0 Å². The van der Waals surface area contributed by atoms with Crippen LogP contribution in [0.15, 0.2) is 115 Å². The van der Waals surface area contributed by atoms with Gasteiger partial charge in [0.05, 0.1) is 16.7 Å². The molecule has 170 valence electrons. The molecule has 0 aliphatic carbocycles. The Hall–Kier alpha value is -2.92. The SMILES string of the molecule is [2H]c1c([2H])c(B2OC(C)(C)C(C)(C)O2)c([2H])c([Si](c2ccccc2)(c2ccccc2)c2ccccc2)c1[2H]. The highest BCUT2D eigenvalue weighted by Gasteiger charge is 2.52. The Labute approximate surface area is 210 Å². The zero-order valence-electron chi connectivity index (χ0n) is 24.1. The molecule has 0 N–H and O–H groups in total. The first-order valence-electron chi connectivity index (χ1n) is 13.7. The van der Waals surface area contributed by atoms with Crippen molar-refractivity contribution in [3.63, 3.8) is 0 Å². The summed E-state index contributed by atoms with van der Waals surface area (Å²) in [6.07, 6.45) is 0. The van der Waals surface area contributed by atoms with E-state index >= 15 is 0 Å². The van der Waals surface area contributed by atoms with E-state index in [1.54, 1.807) is 0 Å². The van der Waals surface area contributed by atoms with Gasteiger partial charge in [0.1, 0.15) is 0 Å². The fourth-order valence-corrected chi connectivity index (χ4v) is 9.14. The molecule has 1 fully saturated rings. The summed E-state index contributed by atoms with van der Waals surface area (Å²) in [6, 6.07) is 29.6. The largest absolute Gasteiger partial charge is 0.494 e. The fourth-order valence-electron chi connectivity index (χ4n) is 4.62.